The van der Waals surface area contributed by atoms with Gasteiger partial charge in [0.25, 0.3) is 5.69 Å². The van der Waals surface area contributed by atoms with Crippen LogP contribution in [0.3, 0.4) is 0 Å². The highest BCUT2D eigenvalue weighted by molar-refractivity contribution is 6.03. The predicted molar refractivity (Wildman–Crippen MR) is 265 cm³/mol. The smallest absolute Gasteiger partial charge is 0.273 e. The predicted octanol–water partition coefficient (Wildman–Crippen LogP) is 12.0. The molecule has 68 heavy (non-hydrogen) atoms. The Morgan fingerprint density at radius 1 is 0.941 bits per heavy atom. The van der Waals surface area contributed by atoms with Gasteiger partial charge in [0.15, 0.2) is 0 Å². The molecule has 12 nitrogen and oxygen atoms in total. The maximum Gasteiger partial charge on any atom is 0.273 e. The van der Waals surface area contributed by atoms with E-state index in [0.717, 1.165) is 78.1 Å². The highest BCUT2D eigenvalue weighted by Crippen LogP contribution is 2.62. The number of fused-ring (bicyclic) bond motifs is 3. The summed E-state index contributed by atoms with van der Waals surface area (Å²) in [4.78, 5) is 35.2. The van der Waals surface area contributed by atoms with Crippen LogP contribution in [0.4, 0.5) is 5.69 Å². The molecule has 0 radical (unpaired) electrons. The third-order valence-electron chi connectivity index (χ3n) is 14.5. The maximum absolute atomic E-state index is 15.5. The fraction of sp³-hybridized carbons (Fsp3) is 0.500. The number of unbranched alkanes of at least 4 members (excludes halogenated alkanes) is 2. The van der Waals surface area contributed by atoms with E-state index in [9.17, 15) is 20.3 Å². The van der Waals surface area contributed by atoms with E-state index in [1.54, 1.807) is 18.2 Å². The van der Waals surface area contributed by atoms with Crippen LogP contribution in [-0.4, -0.2) is 68.9 Å². The molecule has 0 saturated heterocycles. The number of ether oxygens (including phenoxy) is 3. The Hall–Kier alpha value is -5.56. The Kier molecular flexibility index (Phi) is 15.7. The van der Waals surface area contributed by atoms with Crippen molar-refractivity contribution >= 4 is 28.1 Å². The second-order valence-electron chi connectivity index (χ2n) is 20.2. The average molecular weight is 928 g/mol. The molecular weight excluding hydrogens is 859 g/mol. The number of non-ortho nitro benzene ring substituents is 1. The number of oxime groups is 1. The van der Waals surface area contributed by atoms with Crippen LogP contribution in [0.25, 0.3) is 10.8 Å². The molecule has 2 saturated carbocycles. The summed E-state index contributed by atoms with van der Waals surface area (Å²) in [5.41, 5.74) is 2.91. The van der Waals surface area contributed by atoms with E-state index in [1.165, 1.54) is 25.0 Å². The van der Waals surface area contributed by atoms with E-state index in [-0.39, 0.29) is 49.2 Å². The first-order valence-corrected chi connectivity index (χ1v) is 24.9. The fourth-order valence-corrected chi connectivity index (χ4v) is 11.5. The third kappa shape index (κ3) is 10.8. The van der Waals surface area contributed by atoms with Crippen molar-refractivity contribution in [3.05, 3.63) is 130 Å². The van der Waals surface area contributed by atoms with Crippen molar-refractivity contribution in [2.75, 3.05) is 19.8 Å². The topological polar surface area (TPSA) is 153 Å². The standard InChI is InChI=1S/C56H69N3O9/c1-5-32-65-56-51(58(52(62)29-26-38-16-6-7-17-38)37-41-21-14-20-39-18-8-9-24-45(39)41)36-49(57-68-55(2,3)4)47-33-40(19-10-12-30-60)46(25-11-13-31-61)53(54(47)56)48-35-44(27-28-50(48)67-56)66-43-23-15-22-42(34-43)59(63)64/h5,8-9,14-15,18,20-24,27-28,33-35,38,40,46,51,53-54,60-61H,1,6-7,10-13,16-17,19,25-26,29-32,36-37H2,2-4H3/t40-,46+,51-,53+,54+,56+/m0/s1. The Labute approximate surface area is 401 Å². The molecule has 0 aromatic heterocycles. The first-order chi connectivity index (χ1) is 32.9. The summed E-state index contributed by atoms with van der Waals surface area (Å²) in [6, 6.07) is 25.8. The number of nitrogens with zero attached hydrogens (tertiary/aromatic N) is 3. The van der Waals surface area contributed by atoms with E-state index in [1.807, 2.05) is 56.0 Å². The van der Waals surface area contributed by atoms with Crippen molar-refractivity contribution in [3.8, 4) is 17.2 Å². The summed E-state index contributed by atoms with van der Waals surface area (Å²) < 4.78 is 21.3. The highest BCUT2D eigenvalue weighted by Gasteiger charge is 2.65. The number of benzene rings is 4. The first kappa shape index (κ1) is 48.9. The molecule has 0 bridgehead atoms. The van der Waals surface area contributed by atoms with Crippen LogP contribution in [0.15, 0.2) is 114 Å². The molecule has 6 atom stereocenters. The highest BCUT2D eigenvalue weighted by atomic mass is 16.7. The summed E-state index contributed by atoms with van der Waals surface area (Å²) >= 11 is 0. The Balaban J connectivity index is 1.35. The van der Waals surface area contributed by atoms with E-state index < -0.39 is 28.3 Å². The van der Waals surface area contributed by atoms with Gasteiger partial charge in [-0.1, -0.05) is 104 Å². The SMILES string of the molecule is C=CCO[C@@]12Oc3ccc(Oc4cccc([N+](=O)[O-])c4)cc3[C@H]3[C@H](CCCCO)[C@@H](CCCCO)C=C(C(=NOC(C)(C)C)C[C@@H]1N(Cc1cccc4ccccc14)C(=O)CCC1CCCC1)[C@H]32. The zero-order valence-electron chi connectivity index (χ0n) is 40.0. The number of aliphatic hydroxyl groups is 2. The zero-order chi connectivity index (χ0) is 47.8. The molecule has 1 aliphatic heterocycles. The van der Waals surface area contributed by atoms with E-state index in [2.05, 4.69) is 43.0 Å². The number of nitro benzene ring substituents is 1. The summed E-state index contributed by atoms with van der Waals surface area (Å²) in [5, 5.41) is 39.1. The molecule has 2 N–H and O–H groups in total. The molecule has 1 amide bonds. The Morgan fingerprint density at radius 2 is 1.68 bits per heavy atom. The second kappa shape index (κ2) is 21.8. The zero-order valence-corrected chi connectivity index (χ0v) is 40.0. The number of nitro groups is 1. The molecule has 4 aliphatic rings. The minimum absolute atomic E-state index is 0.00420. The van der Waals surface area contributed by atoms with Gasteiger partial charge in [0.2, 0.25) is 11.7 Å². The van der Waals surface area contributed by atoms with E-state index >= 15 is 4.79 Å². The van der Waals surface area contributed by atoms with Crippen LogP contribution in [0.5, 0.6) is 17.2 Å². The molecule has 2 fully saturated rings. The number of carbonyl (C=O) groups excluding carboxylic acids is 1. The van der Waals surface area contributed by atoms with Gasteiger partial charge in [0, 0.05) is 50.1 Å². The van der Waals surface area contributed by atoms with E-state index in [4.69, 9.17) is 24.2 Å². The lowest BCUT2D eigenvalue weighted by Gasteiger charge is -2.60. The van der Waals surface area contributed by atoms with Gasteiger partial charge in [-0.2, -0.15) is 0 Å². The number of hydrogen-bond donors (Lipinski definition) is 2. The molecule has 4 aromatic rings. The van der Waals surface area contributed by atoms with Gasteiger partial charge in [-0.15, -0.1) is 6.58 Å². The molecule has 0 spiro atoms. The van der Waals surface area contributed by atoms with Crippen molar-refractivity contribution in [2.45, 2.75) is 134 Å². The summed E-state index contributed by atoms with van der Waals surface area (Å²) in [5.74, 6) is -0.206. The number of carbonyl (C=O) groups is 1. The van der Waals surface area contributed by atoms with Crippen LogP contribution >= 0.6 is 0 Å². The van der Waals surface area contributed by atoms with Crippen LogP contribution in [0, 0.1) is 33.8 Å². The largest absolute Gasteiger partial charge is 0.459 e. The van der Waals surface area contributed by atoms with Gasteiger partial charge in [0.1, 0.15) is 28.9 Å². The van der Waals surface area contributed by atoms with Gasteiger partial charge in [0.05, 0.1) is 29.2 Å². The molecule has 8 rings (SSSR count). The molecule has 12 heteroatoms. The second-order valence-corrected chi connectivity index (χ2v) is 20.2. The van der Waals surface area contributed by atoms with Crippen molar-refractivity contribution in [3.63, 3.8) is 0 Å². The minimum Gasteiger partial charge on any atom is -0.459 e. The summed E-state index contributed by atoms with van der Waals surface area (Å²) in [7, 11) is 0. The molecule has 4 aromatic carbocycles. The lowest BCUT2D eigenvalue weighted by Crippen LogP contribution is -2.70. The third-order valence-corrected chi connectivity index (χ3v) is 14.5. The van der Waals surface area contributed by atoms with Gasteiger partial charge in [-0.3, -0.25) is 14.9 Å². The van der Waals surface area contributed by atoms with Crippen LogP contribution in [-0.2, 0) is 20.9 Å². The van der Waals surface area contributed by atoms with Gasteiger partial charge in [-0.25, -0.2) is 0 Å². The van der Waals surface area contributed by atoms with Gasteiger partial charge in [-0.05, 0) is 117 Å². The van der Waals surface area contributed by atoms with Gasteiger partial charge >= 0.3 is 0 Å². The fourth-order valence-electron chi connectivity index (χ4n) is 11.5. The lowest BCUT2D eigenvalue weighted by atomic mass is 9.55. The van der Waals surface area contributed by atoms with Gasteiger partial charge < -0.3 is 34.2 Å². The number of amides is 1. The van der Waals surface area contributed by atoms with Crippen molar-refractivity contribution in [1.29, 1.82) is 0 Å². The first-order valence-electron chi connectivity index (χ1n) is 24.9. The number of allylic oxidation sites excluding steroid dienone is 1. The van der Waals surface area contributed by atoms with Crippen LogP contribution < -0.4 is 9.47 Å². The van der Waals surface area contributed by atoms with E-state index in [0.29, 0.717) is 55.4 Å². The molecule has 1 heterocycles. The molecule has 3 aliphatic carbocycles. The van der Waals surface area contributed by atoms with Crippen LogP contribution in [0.2, 0.25) is 0 Å². The maximum atomic E-state index is 15.5. The number of hydrogen-bond acceptors (Lipinski definition) is 10. The van der Waals surface area contributed by atoms with Crippen molar-refractivity contribution in [1.82, 2.24) is 4.90 Å². The van der Waals surface area contributed by atoms with Crippen LogP contribution in [0.1, 0.15) is 121 Å². The normalized spacial score (nSPS) is 23.9. The summed E-state index contributed by atoms with van der Waals surface area (Å²) in [6.45, 7) is 10.7. The quantitative estimate of drug-likeness (QED) is 0.0360. The van der Waals surface area contributed by atoms with Crippen molar-refractivity contribution < 1.29 is 39.0 Å². The monoisotopic (exact) mass is 928 g/mol. The Morgan fingerprint density at radius 3 is 2.43 bits per heavy atom. The molecular formula is C56H69N3O9. The van der Waals surface area contributed by atoms with Crippen molar-refractivity contribution in [2.24, 2.45) is 28.8 Å². The molecule has 0 unspecified atom stereocenters. The molecule has 362 valence electrons. The average Bonchev–Trinajstić information content (AvgIpc) is 3.86. The number of rotatable bonds is 21. The summed E-state index contributed by atoms with van der Waals surface area (Å²) in [6.07, 6.45) is 14.7. The Bertz CT molecular complexity index is 2470. The lowest BCUT2D eigenvalue weighted by molar-refractivity contribution is -0.384. The number of aliphatic hydroxyl groups excluding tert-OH is 2. The minimum atomic E-state index is -1.43.